The van der Waals surface area contributed by atoms with Crippen molar-refractivity contribution < 1.29 is 0 Å². The minimum Gasteiger partial charge on any atom is -0.381 e. The second-order valence-electron chi connectivity index (χ2n) is 4.15. The summed E-state index contributed by atoms with van der Waals surface area (Å²) in [6, 6.07) is 6.83. The molecule has 1 aromatic carbocycles. The highest BCUT2D eigenvalue weighted by atomic mass is 79.9. The maximum absolute atomic E-state index is 3.61. The zero-order valence-corrected chi connectivity index (χ0v) is 12.3. The van der Waals surface area contributed by atoms with Crippen LogP contribution in [-0.2, 0) is 0 Å². The van der Waals surface area contributed by atoms with Crippen molar-refractivity contribution in [3.8, 4) is 0 Å². The van der Waals surface area contributed by atoms with Crippen LogP contribution in [-0.4, -0.2) is 19.1 Å². The van der Waals surface area contributed by atoms with E-state index >= 15 is 0 Å². The number of halogens is 2. The fourth-order valence-corrected chi connectivity index (χ4v) is 2.71. The third kappa shape index (κ3) is 3.47. The van der Waals surface area contributed by atoms with Crippen LogP contribution in [0, 0.1) is 0 Å². The molecular formula is C12H16Br2N2. The molecule has 1 atom stereocenters. The van der Waals surface area contributed by atoms with E-state index in [1.807, 2.05) is 6.07 Å². The van der Waals surface area contributed by atoms with Crippen LogP contribution in [0.1, 0.15) is 19.3 Å². The van der Waals surface area contributed by atoms with Crippen molar-refractivity contribution in [1.82, 2.24) is 5.32 Å². The molecule has 1 heterocycles. The minimum atomic E-state index is 0.584. The lowest BCUT2D eigenvalue weighted by atomic mass is 10.1. The zero-order chi connectivity index (χ0) is 11.4. The summed E-state index contributed by atoms with van der Waals surface area (Å²) in [7, 11) is 0. The Balaban J connectivity index is 2.04. The molecule has 0 saturated carbocycles. The molecular weight excluding hydrogens is 332 g/mol. The summed E-state index contributed by atoms with van der Waals surface area (Å²) in [5, 5.41) is 7.04. The topological polar surface area (TPSA) is 24.1 Å². The smallest absolute Gasteiger partial charge is 0.0498 e. The van der Waals surface area contributed by atoms with E-state index in [2.05, 4.69) is 54.6 Å². The van der Waals surface area contributed by atoms with Gasteiger partial charge in [0.2, 0.25) is 0 Å². The van der Waals surface area contributed by atoms with Crippen LogP contribution in [0.4, 0.5) is 5.69 Å². The first-order chi connectivity index (χ1) is 7.75. The summed E-state index contributed by atoms with van der Waals surface area (Å²) in [5.41, 5.74) is 1.18. The Hall–Kier alpha value is -0.0600. The van der Waals surface area contributed by atoms with Crippen LogP contribution < -0.4 is 10.6 Å². The predicted octanol–water partition coefficient (Wildman–Crippen LogP) is 3.77. The Kier molecular flexibility index (Phi) is 4.67. The largest absolute Gasteiger partial charge is 0.381 e. The Morgan fingerprint density at radius 1 is 1.19 bits per heavy atom. The van der Waals surface area contributed by atoms with Gasteiger partial charge >= 0.3 is 0 Å². The van der Waals surface area contributed by atoms with E-state index in [-0.39, 0.29) is 0 Å². The molecule has 0 aliphatic carbocycles. The molecule has 2 nitrogen and oxygen atoms in total. The molecule has 2 N–H and O–H groups in total. The number of hydrogen-bond acceptors (Lipinski definition) is 2. The number of nitrogens with one attached hydrogen (secondary N) is 2. The Labute approximate surface area is 113 Å². The lowest BCUT2D eigenvalue weighted by Gasteiger charge is -2.18. The van der Waals surface area contributed by atoms with Gasteiger partial charge in [-0.1, -0.05) is 15.9 Å². The van der Waals surface area contributed by atoms with Gasteiger partial charge in [0.25, 0.3) is 0 Å². The molecule has 1 unspecified atom stereocenters. The molecule has 1 aliphatic rings. The molecule has 0 bridgehead atoms. The van der Waals surface area contributed by atoms with Gasteiger partial charge in [0.05, 0.1) is 0 Å². The van der Waals surface area contributed by atoms with Crippen molar-refractivity contribution in [2.45, 2.75) is 25.3 Å². The lowest BCUT2D eigenvalue weighted by molar-refractivity contribution is 0.637. The number of hydrogen-bond donors (Lipinski definition) is 2. The standard InChI is InChI=1S/C12H16Br2N2/c13-9-3-4-11(14)12(8-9)16-10-2-1-6-15-7-5-10/h3-4,8,10,15-16H,1-2,5-7H2. The van der Waals surface area contributed by atoms with Crippen molar-refractivity contribution in [3.05, 3.63) is 27.1 Å². The normalized spacial score (nSPS) is 21.5. The van der Waals surface area contributed by atoms with E-state index in [4.69, 9.17) is 0 Å². The first-order valence-corrected chi connectivity index (χ1v) is 7.26. The van der Waals surface area contributed by atoms with Gasteiger partial charge in [-0.2, -0.15) is 0 Å². The van der Waals surface area contributed by atoms with Crippen molar-refractivity contribution in [2.75, 3.05) is 18.4 Å². The first kappa shape index (κ1) is 12.4. The van der Waals surface area contributed by atoms with Gasteiger partial charge in [-0.15, -0.1) is 0 Å². The number of rotatable bonds is 2. The van der Waals surface area contributed by atoms with Crippen LogP contribution in [0.3, 0.4) is 0 Å². The fraction of sp³-hybridized carbons (Fsp3) is 0.500. The van der Waals surface area contributed by atoms with Gasteiger partial charge in [0, 0.05) is 20.7 Å². The summed E-state index contributed by atoms with van der Waals surface area (Å²) < 4.78 is 2.25. The third-order valence-corrected chi connectivity index (χ3v) is 4.05. The van der Waals surface area contributed by atoms with Gasteiger partial charge in [-0.25, -0.2) is 0 Å². The second-order valence-corrected chi connectivity index (χ2v) is 5.92. The van der Waals surface area contributed by atoms with Gasteiger partial charge in [0.1, 0.15) is 0 Å². The Morgan fingerprint density at radius 2 is 2.06 bits per heavy atom. The minimum absolute atomic E-state index is 0.584. The van der Waals surface area contributed by atoms with Crippen molar-refractivity contribution in [1.29, 1.82) is 0 Å². The van der Waals surface area contributed by atoms with Gasteiger partial charge in [0.15, 0.2) is 0 Å². The molecule has 1 aromatic rings. The highest BCUT2D eigenvalue weighted by molar-refractivity contribution is 9.11. The highest BCUT2D eigenvalue weighted by Crippen LogP contribution is 2.27. The number of benzene rings is 1. The molecule has 1 fully saturated rings. The molecule has 1 aliphatic heterocycles. The first-order valence-electron chi connectivity index (χ1n) is 5.68. The second kappa shape index (κ2) is 6.03. The van der Waals surface area contributed by atoms with Crippen LogP contribution in [0.15, 0.2) is 27.1 Å². The van der Waals surface area contributed by atoms with Crippen molar-refractivity contribution in [2.24, 2.45) is 0 Å². The maximum Gasteiger partial charge on any atom is 0.0498 e. The fourth-order valence-electron chi connectivity index (χ4n) is 1.99. The molecule has 0 amide bonds. The molecule has 4 heteroatoms. The summed E-state index contributed by atoms with van der Waals surface area (Å²) >= 11 is 7.08. The molecule has 2 rings (SSSR count). The van der Waals surface area contributed by atoms with Gasteiger partial charge in [-0.3, -0.25) is 0 Å². The van der Waals surface area contributed by atoms with E-state index in [0.29, 0.717) is 6.04 Å². The quantitative estimate of drug-likeness (QED) is 0.851. The van der Waals surface area contributed by atoms with Crippen LogP contribution in [0.25, 0.3) is 0 Å². The van der Waals surface area contributed by atoms with Gasteiger partial charge < -0.3 is 10.6 Å². The molecule has 0 spiro atoms. The summed E-state index contributed by atoms with van der Waals surface area (Å²) in [6.07, 6.45) is 3.69. The van der Waals surface area contributed by atoms with Crippen LogP contribution >= 0.6 is 31.9 Å². The summed E-state index contributed by atoms with van der Waals surface area (Å²) in [5.74, 6) is 0. The van der Waals surface area contributed by atoms with Crippen molar-refractivity contribution >= 4 is 37.5 Å². The predicted molar refractivity (Wildman–Crippen MR) is 76.0 cm³/mol. The Bertz CT molecular complexity index is 347. The maximum atomic E-state index is 3.61. The van der Waals surface area contributed by atoms with E-state index in [1.54, 1.807) is 0 Å². The number of anilines is 1. The van der Waals surface area contributed by atoms with Crippen LogP contribution in [0.5, 0.6) is 0 Å². The molecule has 1 saturated heterocycles. The average molecular weight is 348 g/mol. The Morgan fingerprint density at radius 3 is 2.94 bits per heavy atom. The van der Waals surface area contributed by atoms with Gasteiger partial charge in [-0.05, 0) is 66.5 Å². The molecule has 0 aromatic heterocycles. The molecule has 88 valence electrons. The zero-order valence-electron chi connectivity index (χ0n) is 9.10. The van der Waals surface area contributed by atoms with Crippen molar-refractivity contribution in [3.63, 3.8) is 0 Å². The molecule has 0 radical (unpaired) electrons. The summed E-state index contributed by atoms with van der Waals surface area (Å²) in [4.78, 5) is 0. The lowest BCUT2D eigenvalue weighted by Crippen LogP contribution is -2.21. The monoisotopic (exact) mass is 346 g/mol. The van der Waals surface area contributed by atoms with E-state index in [1.165, 1.54) is 24.9 Å². The van der Waals surface area contributed by atoms with E-state index < -0.39 is 0 Å². The average Bonchev–Trinajstić information content (AvgIpc) is 2.52. The summed E-state index contributed by atoms with van der Waals surface area (Å²) in [6.45, 7) is 2.27. The SMILES string of the molecule is Brc1ccc(Br)c(NC2CCCNCC2)c1. The molecule has 16 heavy (non-hydrogen) atoms. The van der Waals surface area contributed by atoms with Crippen LogP contribution in [0.2, 0.25) is 0 Å². The highest BCUT2D eigenvalue weighted by Gasteiger charge is 2.12. The van der Waals surface area contributed by atoms with E-state index in [9.17, 15) is 0 Å². The third-order valence-electron chi connectivity index (χ3n) is 2.86. The van der Waals surface area contributed by atoms with E-state index in [0.717, 1.165) is 22.0 Å².